The Bertz CT molecular complexity index is 582. The number of fused-ring (bicyclic) bond motifs is 1. The van der Waals surface area contributed by atoms with Crippen LogP contribution in [0.3, 0.4) is 0 Å². The Morgan fingerprint density at radius 1 is 0.952 bits per heavy atom. The van der Waals surface area contributed by atoms with Crippen LogP contribution in [0.25, 0.3) is 0 Å². The molecule has 110 valence electrons. The van der Waals surface area contributed by atoms with Gasteiger partial charge in [0.2, 0.25) is 0 Å². The lowest BCUT2D eigenvalue weighted by Crippen LogP contribution is -2.48. The van der Waals surface area contributed by atoms with E-state index in [2.05, 4.69) is 71.4 Å². The Balaban J connectivity index is 1.86. The fraction of sp³-hybridized carbons (Fsp3) is 0.333. The number of para-hydroxylation sites is 2. The lowest BCUT2D eigenvalue weighted by atomic mass is 10.0. The molecule has 2 aromatic rings. The summed E-state index contributed by atoms with van der Waals surface area (Å²) < 4.78 is 0. The third-order valence-corrected chi connectivity index (χ3v) is 4.31. The highest BCUT2D eigenvalue weighted by Gasteiger charge is 2.25. The van der Waals surface area contributed by atoms with Crippen LogP contribution in [0.1, 0.15) is 5.56 Å². The summed E-state index contributed by atoms with van der Waals surface area (Å²) in [6.07, 6.45) is 0.995. The summed E-state index contributed by atoms with van der Waals surface area (Å²) in [5.41, 5.74) is 10.0. The van der Waals surface area contributed by atoms with Crippen LogP contribution in [0.2, 0.25) is 0 Å². The summed E-state index contributed by atoms with van der Waals surface area (Å²) in [6.45, 7) is 2.75. The standard InChI is InChI=1S/C18H23N3/c1-20-11-12-21(18-10-6-5-9-17(18)20)16(14-19)13-15-7-3-2-4-8-15/h2-10,16H,11-14,19H2,1H3. The summed E-state index contributed by atoms with van der Waals surface area (Å²) in [5, 5.41) is 0. The van der Waals surface area contributed by atoms with Crippen molar-refractivity contribution in [3.05, 3.63) is 60.2 Å². The molecule has 0 saturated heterocycles. The van der Waals surface area contributed by atoms with Crippen molar-refractivity contribution in [1.82, 2.24) is 0 Å². The van der Waals surface area contributed by atoms with Crippen molar-refractivity contribution >= 4 is 11.4 Å². The van der Waals surface area contributed by atoms with Crippen molar-refractivity contribution in [1.29, 1.82) is 0 Å². The summed E-state index contributed by atoms with van der Waals surface area (Å²) in [6, 6.07) is 19.6. The third kappa shape index (κ3) is 2.88. The molecule has 0 bridgehead atoms. The fourth-order valence-electron chi connectivity index (χ4n) is 3.11. The smallest absolute Gasteiger partial charge is 0.0607 e. The average Bonchev–Trinajstić information content (AvgIpc) is 2.55. The van der Waals surface area contributed by atoms with Crippen LogP contribution in [0.5, 0.6) is 0 Å². The Morgan fingerprint density at radius 2 is 1.62 bits per heavy atom. The second-order valence-corrected chi connectivity index (χ2v) is 5.68. The van der Waals surface area contributed by atoms with Gasteiger partial charge in [-0.1, -0.05) is 42.5 Å². The van der Waals surface area contributed by atoms with Crippen molar-refractivity contribution < 1.29 is 0 Å². The van der Waals surface area contributed by atoms with Crippen molar-refractivity contribution in [2.24, 2.45) is 5.73 Å². The van der Waals surface area contributed by atoms with Crippen molar-refractivity contribution in [3.8, 4) is 0 Å². The van der Waals surface area contributed by atoms with E-state index in [0.717, 1.165) is 19.5 Å². The van der Waals surface area contributed by atoms with Crippen molar-refractivity contribution in [2.75, 3.05) is 36.5 Å². The molecule has 2 N–H and O–H groups in total. The molecule has 1 atom stereocenters. The lowest BCUT2D eigenvalue weighted by molar-refractivity contribution is 0.580. The van der Waals surface area contributed by atoms with E-state index in [1.54, 1.807) is 0 Å². The van der Waals surface area contributed by atoms with Gasteiger partial charge < -0.3 is 15.5 Å². The van der Waals surface area contributed by atoms with Crippen LogP contribution in [0.15, 0.2) is 54.6 Å². The van der Waals surface area contributed by atoms with E-state index in [9.17, 15) is 0 Å². The molecule has 0 aliphatic carbocycles. The van der Waals surface area contributed by atoms with Gasteiger partial charge in [0, 0.05) is 32.7 Å². The summed E-state index contributed by atoms with van der Waals surface area (Å²) in [5.74, 6) is 0. The molecule has 3 nitrogen and oxygen atoms in total. The van der Waals surface area contributed by atoms with E-state index in [1.807, 2.05) is 0 Å². The molecule has 1 aliphatic rings. The normalized spacial score (nSPS) is 15.7. The first-order valence-corrected chi connectivity index (χ1v) is 7.60. The van der Waals surface area contributed by atoms with Crippen LogP contribution in [0, 0.1) is 0 Å². The zero-order chi connectivity index (χ0) is 14.7. The molecule has 0 fully saturated rings. The first-order valence-electron chi connectivity index (χ1n) is 7.60. The molecule has 3 rings (SSSR count). The minimum Gasteiger partial charge on any atom is -0.371 e. The highest BCUT2D eigenvalue weighted by atomic mass is 15.3. The van der Waals surface area contributed by atoms with Crippen LogP contribution in [0.4, 0.5) is 11.4 Å². The molecule has 0 amide bonds. The van der Waals surface area contributed by atoms with Gasteiger partial charge in [0.15, 0.2) is 0 Å². The summed E-state index contributed by atoms with van der Waals surface area (Å²) in [7, 11) is 2.16. The molecule has 1 unspecified atom stereocenters. The molecule has 3 heteroatoms. The minimum atomic E-state index is 0.349. The maximum atomic E-state index is 6.09. The highest BCUT2D eigenvalue weighted by molar-refractivity contribution is 5.73. The molecule has 0 saturated carbocycles. The van der Waals surface area contributed by atoms with Gasteiger partial charge in [0.05, 0.1) is 11.4 Å². The van der Waals surface area contributed by atoms with Crippen molar-refractivity contribution in [3.63, 3.8) is 0 Å². The van der Waals surface area contributed by atoms with E-state index in [-0.39, 0.29) is 0 Å². The molecule has 0 spiro atoms. The second-order valence-electron chi connectivity index (χ2n) is 5.68. The quantitative estimate of drug-likeness (QED) is 0.934. The highest BCUT2D eigenvalue weighted by Crippen LogP contribution is 2.33. The summed E-state index contributed by atoms with van der Waals surface area (Å²) >= 11 is 0. The number of benzene rings is 2. The first kappa shape index (κ1) is 14.0. The van der Waals surface area contributed by atoms with Gasteiger partial charge in [-0.05, 0) is 24.1 Å². The average molecular weight is 281 g/mol. The molecule has 21 heavy (non-hydrogen) atoms. The maximum Gasteiger partial charge on any atom is 0.0607 e. The van der Waals surface area contributed by atoms with Crippen LogP contribution < -0.4 is 15.5 Å². The minimum absolute atomic E-state index is 0.349. The molecule has 1 aliphatic heterocycles. The SMILES string of the molecule is CN1CCN(C(CN)Cc2ccccc2)c2ccccc21. The number of nitrogens with two attached hydrogens (primary N) is 1. The van der Waals surface area contributed by atoms with Gasteiger partial charge >= 0.3 is 0 Å². The lowest BCUT2D eigenvalue weighted by Gasteiger charge is -2.41. The zero-order valence-corrected chi connectivity index (χ0v) is 12.6. The zero-order valence-electron chi connectivity index (χ0n) is 12.6. The van der Waals surface area contributed by atoms with E-state index < -0.39 is 0 Å². The number of hydrogen-bond donors (Lipinski definition) is 1. The Hall–Kier alpha value is -2.00. The molecule has 1 heterocycles. The van der Waals surface area contributed by atoms with Crippen LogP contribution >= 0.6 is 0 Å². The van der Waals surface area contributed by atoms with Gasteiger partial charge in [0.25, 0.3) is 0 Å². The molecular formula is C18H23N3. The number of nitrogens with zero attached hydrogens (tertiary/aromatic N) is 2. The van der Waals surface area contributed by atoms with Crippen LogP contribution in [-0.2, 0) is 6.42 Å². The van der Waals surface area contributed by atoms with Gasteiger partial charge in [-0.25, -0.2) is 0 Å². The molecule has 2 aromatic carbocycles. The molecule has 0 radical (unpaired) electrons. The van der Waals surface area contributed by atoms with Gasteiger partial charge in [-0.15, -0.1) is 0 Å². The first-order chi connectivity index (χ1) is 10.3. The summed E-state index contributed by atoms with van der Waals surface area (Å²) in [4.78, 5) is 4.80. The van der Waals surface area contributed by atoms with E-state index in [0.29, 0.717) is 12.6 Å². The predicted molar refractivity (Wildman–Crippen MR) is 90.0 cm³/mol. The largest absolute Gasteiger partial charge is 0.371 e. The third-order valence-electron chi connectivity index (χ3n) is 4.31. The van der Waals surface area contributed by atoms with Crippen LogP contribution in [-0.4, -0.2) is 32.7 Å². The Morgan fingerprint density at radius 3 is 2.33 bits per heavy atom. The predicted octanol–water partition coefficient (Wildman–Crippen LogP) is 2.51. The Labute approximate surface area is 127 Å². The molecular weight excluding hydrogens is 258 g/mol. The van der Waals surface area contributed by atoms with E-state index >= 15 is 0 Å². The number of rotatable bonds is 4. The number of hydrogen-bond acceptors (Lipinski definition) is 3. The maximum absolute atomic E-state index is 6.09. The van der Waals surface area contributed by atoms with E-state index in [1.165, 1.54) is 16.9 Å². The van der Waals surface area contributed by atoms with Gasteiger partial charge in [-0.3, -0.25) is 0 Å². The van der Waals surface area contributed by atoms with Crippen molar-refractivity contribution in [2.45, 2.75) is 12.5 Å². The van der Waals surface area contributed by atoms with Gasteiger partial charge in [0.1, 0.15) is 0 Å². The van der Waals surface area contributed by atoms with Gasteiger partial charge in [-0.2, -0.15) is 0 Å². The topological polar surface area (TPSA) is 32.5 Å². The van der Waals surface area contributed by atoms with E-state index in [4.69, 9.17) is 5.73 Å². The number of likely N-dealkylation sites (N-methyl/N-ethyl adjacent to an activating group) is 1. The monoisotopic (exact) mass is 281 g/mol. The Kier molecular flexibility index (Phi) is 4.11. The second kappa shape index (κ2) is 6.19. The number of anilines is 2. The fourth-order valence-corrected chi connectivity index (χ4v) is 3.11. The molecule has 0 aromatic heterocycles.